The Hall–Kier alpha value is -4.67. The number of unbranched alkanes of at least 4 members (excludes halogenated alkanes) is 1. The molecule has 6 rings (SSSR count). The molecule has 0 bridgehead atoms. The van der Waals surface area contributed by atoms with E-state index < -0.39 is 9.52 Å². The van der Waals surface area contributed by atoms with Gasteiger partial charge in [-0.3, -0.25) is 0 Å². The number of hydrogen-bond donors (Lipinski definition) is 0. The summed E-state index contributed by atoms with van der Waals surface area (Å²) in [4.78, 5) is 4.41. The first-order chi connectivity index (χ1) is 21.7. The lowest BCUT2D eigenvalue weighted by atomic mass is 9.92. The highest BCUT2D eigenvalue weighted by Crippen LogP contribution is 2.33. The van der Waals surface area contributed by atoms with E-state index in [2.05, 4.69) is 170 Å². The Balaban J connectivity index is 0.000000215. The largest absolute Gasteiger partial charge is 0.326 e. The molecule has 1 aromatic heterocycles. The van der Waals surface area contributed by atoms with Crippen molar-refractivity contribution in [2.75, 3.05) is 0 Å². The number of benzene rings is 5. The highest BCUT2D eigenvalue weighted by molar-refractivity contribution is 6.57. The van der Waals surface area contributed by atoms with Gasteiger partial charge in [-0.1, -0.05) is 164 Å². The molecule has 0 spiro atoms. The van der Waals surface area contributed by atoms with Gasteiger partial charge in [0.1, 0.15) is 7.85 Å². The van der Waals surface area contributed by atoms with Gasteiger partial charge in [0, 0.05) is 12.4 Å². The molecule has 0 saturated heterocycles. The third-order valence-corrected chi connectivity index (χ3v) is 10.8. The molecule has 0 fully saturated rings. The Morgan fingerprint density at radius 1 is 0.705 bits per heavy atom. The van der Waals surface area contributed by atoms with Crippen LogP contribution in [0, 0.1) is 0 Å². The Kier molecular flexibility index (Phi) is 11.0. The predicted octanol–water partition coefficient (Wildman–Crippen LogP) is 7.18. The van der Waals surface area contributed by atoms with Crippen molar-refractivity contribution in [3.05, 3.63) is 198 Å². The molecule has 0 radical (unpaired) electrons. The first-order valence-electron chi connectivity index (χ1n) is 15.7. The zero-order valence-corrected chi connectivity index (χ0v) is 27.3. The van der Waals surface area contributed by atoms with Crippen molar-refractivity contribution < 1.29 is 0 Å². The normalized spacial score (nSPS) is 11.1. The number of hydrogen-bond acceptors (Lipinski definition) is 1. The fourth-order valence-corrected chi connectivity index (χ4v) is 8.22. The molecule has 1 heterocycles. The summed E-state index contributed by atoms with van der Waals surface area (Å²) in [6.07, 6.45) is 9.64. The van der Waals surface area contributed by atoms with E-state index in [0.29, 0.717) is 0 Å². The minimum absolute atomic E-state index is 0.204. The SMILES string of the molecule is BC=C(c1ccccc1)c1ccccc1.CCCCc1ccc([SiH2]C(c2ccccc2)(c2ccccc2)n2ccnc2)cc1. The minimum Gasteiger partial charge on any atom is -0.326 e. The Morgan fingerprint density at radius 2 is 1.20 bits per heavy atom. The van der Waals surface area contributed by atoms with E-state index in [0.717, 1.165) is 0 Å². The van der Waals surface area contributed by atoms with Crippen molar-refractivity contribution in [1.82, 2.24) is 9.55 Å². The van der Waals surface area contributed by atoms with Crippen LogP contribution >= 0.6 is 0 Å². The van der Waals surface area contributed by atoms with Crippen LogP contribution in [0.15, 0.2) is 170 Å². The molecule has 5 aromatic carbocycles. The molecule has 0 aliphatic heterocycles. The molecule has 0 amide bonds. The Morgan fingerprint density at radius 3 is 1.64 bits per heavy atom. The lowest BCUT2D eigenvalue weighted by Crippen LogP contribution is -2.46. The number of nitrogens with zero attached hydrogens (tertiary/aromatic N) is 2. The molecule has 218 valence electrons. The van der Waals surface area contributed by atoms with Gasteiger partial charge in [-0.05, 0) is 46.2 Å². The predicted molar refractivity (Wildman–Crippen MR) is 193 cm³/mol. The maximum Gasteiger partial charge on any atom is 0.130 e. The zero-order chi connectivity index (χ0) is 30.5. The van der Waals surface area contributed by atoms with Gasteiger partial charge >= 0.3 is 0 Å². The zero-order valence-electron chi connectivity index (χ0n) is 25.9. The van der Waals surface area contributed by atoms with Crippen LogP contribution in [0.5, 0.6) is 0 Å². The van der Waals surface area contributed by atoms with Gasteiger partial charge < -0.3 is 4.57 Å². The van der Waals surface area contributed by atoms with Crippen molar-refractivity contribution >= 4 is 28.1 Å². The van der Waals surface area contributed by atoms with Crippen molar-refractivity contribution in [3.8, 4) is 0 Å². The summed E-state index contributed by atoms with van der Waals surface area (Å²) in [6, 6.07) is 52.1. The lowest BCUT2D eigenvalue weighted by Gasteiger charge is -2.37. The number of rotatable bonds is 10. The Bertz CT molecular complexity index is 1600. The molecule has 6 aromatic rings. The van der Waals surface area contributed by atoms with E-state index >= 15 is 0 Å². The third kappa shape index (κ3) is 7.45. The highest BCUT2D eigenvalue weighted by Gasteiger charge is 2.36. The van der Waals surface area contributed by atoms with Gasteiger partial charge in [0.05, 0.1) is 21.0 Å². The summed E-state index contributed by atoms with van der Waals surface area (Å²) in [6.45, 7) is 2.25. The minimum atomic E-state index is -0.782. The van der Waals surface area contributed by atoms with Gasteiger partial charge in [0.2, 0.25) is 0 Å². The van der Waals surface area contributed by atoms with E-state index in [-0.39, 0.29) is 5.16 Å². The third-order valence-electron chi connectivity index (χ3n) is 8.21. The summed E-state index contributed by atoms with van der Waals surface area (Å²) >= 11 is 0. The number of aryl methyl sites for hydroxylation is 1. The van der Waals surface area contributed by atoms with E-state index in [9.17, 15) is 0 Å². The summed E-state index contributed by atoms with van der Waals surface area (Å²) in [5, 5.41) is 1.26. The summed E-state index contributed by atoms with van der Waals surface area (Å²) in [7, 11) is 1.30. The van der Waals surface area contributed by atoms with Crippen LogP contribution < -0.4 is 5.19 Å². The van der Waals surface area contributed by atoms with E-state index in [4.69, 9.17) is 0 Å². The number of imidazole rings is 1. The lowest BCUT2D eigenvalue weighted by molar-refractivity contribution is 0.596. The van der Waals surface area contributed by atoms with Gasteiger partial charge in [-0.15, -0.1) is 5.98 Å². The van der Waals surface area contributed by atoms with E-state index in [1.807, 2.05) is 24.7 Å². The topological polar surface area (TPSA) is 17.8 Å². The average Bonchev–Trinajstić information content (AvgIpc) is 3.65. The quantitative estimate of drug-likeness (QED) is 0.155. The fourth-order valence-electron chi connectivity index (χ4n) is 5.91. The Labute approximate surface area is 266 Å². The molecule has 0 N–H and O–H groups in total. The molecular weight excluding hydrogens is 547 g/mol. The van der Waals surface area contributed by atoms with Crippen LogP contribution in [-0.4, -0.2) is 26.9 Å². The van der Waals surface area contributed by atoms with E-state index in [1.165, 1.54) is 57.8 Å². The molecule has 2 nitrogen and oxygen atoms in total. The number of aromatic nitrogens is 2. The molecule has 4 heteroatoms. The van der Waals surface area contributed by atoms with Crippen LogP contribution in [0.3, 0.4) is 0 Å². The molecule has 0 saturated carbocycles. The molecule has 0 aliphatic rings. The van der Waals surface area contributed by atoms with Gasteiger partial charge in [0.25, 0.3) is 0 Å². The van der Waals surface area contributed by atoms with Crippen LogP contribution in [0.25, 0.3) is 5.57 Å². The first kappa shape index (κ1) is 30.8. The van der Waals surface area contributed by atoms with Gasteiger partial charge in [-0.25, -0.2) is 4.98 Å². The van der Waals surface area contributed by atoms with E-state index in [1.54, 1.807) is 0 Å². The summed E-state index contributed by atoms with van der Waals surface area (Å²) in [5.41, 5.74) is 7.92. The summed E-state index contributed by atoms with van der Waals surface area (Å²) < 4.78 is 2.31. The van der Waals surface area contributed by atoms with Crippen molar-refractivity contribution in [2.45, 2.75) is 31.3 Å². The fraction of sp³-hybridized carbons (Fsp3) is 0.125. The molecule has 44 heavy (non-hydrogen) atoms. The van der Waals surface area contributed by atoms with Crippen LogP contribution in [0.4, 0.5) is 0 Å². The van der Waals surface area contributed by atoms with Crippen LogP contribution in [0.2, 0.25) is 0 Å². The van der Waals surface area contributed by atoms with Gasteiger partial charge in [-0.2, -0.15) is 0 Å². The second-order valence-corrected chi connectivity index (χ2v) is 13.3. The monoisotopic (exact) mass is 588 g/mol. The van der Waals surface area contributed by atoms with Crippen molar-refractivity contribution in [1.29, 1.82) is 0 Å². The van der Waals surface area contributed by atoms with Gasteiger partial charge in [0.15, 0.2) is 0 Å². The smallest absolute Gasteiger partial charge is 0.130 e. The second-order valence-electron chi connectivity index (χ2n) is 11.1. The summed E-state index contributed by atoms with van der Waals surface area (Å²) in [5.74, 6) is 2.16. The molecule has 0 unspecified atom stereocenters. The second kappa shape index (κ2) is 15.7. The van der Waals surface area contributed by atoms with Crippen LogP contribution in [0.1, 0.15) is 47.6 Å². The van der Waals surface area contributed by atoms with Crippen molar-refractivity contribution in [2.24, 2.45) is 0 Å². The maximum absolute atomic E-state index is 4.41. The maximum atomic E-state index is 4.41. The first-order valence-corrected chi connectivity index (χ1v) is 17.1. The molecular formula is C40H41BN2Si. The van der Waals surface area contributed by atoms with Crippen LogP contribution in [-0.2, 0) is 11.6 Å². The standard InChI is InChI=1S/C26H28N2Si.C14H13B/c1-2-3-10-22-15-17-25(18-16-22)29-26(28-20-19-27-21-28,23-11-6-4-7-12-23)24-13-8-5-9-14-24;15-11-14(12-7-3-1-4-8-12)13-9-5-2-6-10-13/h4-9,11-21H,2-3,10,29H2,1H3;1-11H,15H2. The molecule has 0 atom stereocenters. The molecule has 0 aliphatic carbocycles. The average molecular weight is 589 g/mol. The highest BCUT2D eigenvalue weighted by atomic mass is 28.2. The van der Waals surface area contributed by atoms with Crippen molar-refractivity contribution in [3.63, 3.8) is 0 Å².